The Balaban J connectivity index is 3.28. The lowest BCUT2D eigenvalue weighted by molar-refractivity contribution is 0.206. The highest BCUT2D eigenvalue weighted by molar-refractivity contribution is 9.10. The summed E-state index contributed by atoms with van der Waals surface area (Å²) in [7, 11) is 0. The topological polar surface area (TPSA) is 46.2 Å². The van der Waals surface area contributed by atoms with Gasteiger partial charge in [-0.3, -0.25) is 0 Å². The van der Waals surface area contributed by atoms with Gasteiger partial charge in [0.2, 0.25) is 0 Å². The Bertz CT molecular complexity index is 294. The van der Waals surface area contributed by atoms with Crippen LogP contribution in [0.4, 0.5) is 4.39 Å². The molecule has 0 aliphatic rings. The van der Waals surface area contributed by atoms with Gasteiger partial charge in [-0.15, -0.1) is 0 Å². The van der Waals surface area contributed by atoms with Gasteiger partial charge in [0, 0.05) is 10.0 Å². The van der Waals surface area contributed by atoms with Crippen LogP contribution >= 0.6 is 15.9 Å². The molecule has 0 aliphatic carbocycles. The summed E-state index contributed by atoms with van der Waals surface area (Å²) in [6.07, 6.45) is 0. The molecule has 0 fully saturated rings. The van der Waals surface area contributed by atoms with E-state index in [9.17, 15) is 4.39 Å². The number of aliphatic hydroxyl groups is 1. The summed E-state index contributed by atoms with van der Waals surface area (Å²) in [5.41, 5.74) is 4.97. The molecule has 0 amide bonds. The molecule has 0 bridgehead atoms. The number of benzene rings is 1. The zero-order valence-corrected chi connectivity index (χ0v) is 8.81. The average Bonchev–Trinajstić information content (AvgIpc) is 2.03. The lowest BCUT2D eigenvalue weighted by atomic mass is 9.94. The SMILES string of the molecule is CC(N)(CO)c1c(F)cccc1Br. The molecule has 1 unspecified atom stereocenters. The van der Waals surface area contributed by atoms with Gasteiger partial charge >= 0.3 is 0 Å². The predicted octanol–water partition coefficient (Wildman–Crippen LogP) is 1.75. The maximum Gasteiger partial charge on any atom is 0.129 e. The van der Waals surface area contributed by atoms with Crippen LogP contribution in [-0.2, 0) is 5.54 Å². The Morgan fingerprint density at radius 2 is 2.23 bits per heavy atom. The van der Waals surface area contributed by atoms with Crippen LogP contribution in [0, 0.1) is 5.82 Å². The molecule has 0 heterocycles. The van der Waals surface area contributed by atoms with Crippen molar-refractivity contribution in [1.82, 2.24) is 0 Å². The van der Waals surface area contributed by atoms with Gasteiger partial charge in [0.15, 0.2) is 0 Å². The molecule has 72 valence electrons. The van der Waals surface area contributed by atoms with Crippen molar-refractivity contribution in [2.24, 2.45) is 5.73 Å². The lowest BCUT2D eigenvalue weighted by Crippen LogP contribution is -2.38. The fourth-order valence-corrected chi connectivity index (χ4v) is 1.92. The van der Waals surface area contributed by atoms with Crippen LogP contribution in [0.1, 0.15) is 12.5 Å². The Labute approximate surface area is 84.7 Å². The van der Waals surface area contributed by atoms with Crippen LogP contribution in [0.5, 0.6) is 0 Å². The highest BCUT2D eigenvalue weighted by Gasteiger charge is 2.26. The average molecular weight is 248 g/mol. The molecular formula is C9H11BrFNO. The molecule has 4 heteroatoms. The van der Waals surface area contributed by atoms with Crippen molar-refractivity contribution >= 4 is 15.9 Å². The first-order chi connectivity index (χ1) is 5.99. The molecule has 1 rings (SSSR count). The minimum absolute atomic E-state index is 0.299. The van der Waals surface area contributed by atoms with Crippen molar-refractivity contribution in [3.8, 4) is 0 Å². The molecule has 3 N–H and O–H groups in total. The molecule has 0 radical (unpaired) electrons. The molecule has 2 nitrogen and oxygen atoms in total. The molecule has 0 saturated carbocycles. The Hall–Kier alpha value is -0.450. The van der Waals surface area contributed by atoms with Gasteiger partial charge in [-0.05, 0) is 19.1 Å². The second-order valence-corrected chi connectivity index (χ2v) is 4.03. The van der Waals surface area contributed by atoms with Crippen molar-refractivity contribution in [3.63, 3.8) is 0 Å². The van der Waals surface area contributed by atoms with E-state index in [0.717, 1.165) is 0 Å². The van der Waals surface area contributed by atoms with E-state index in [1.54, 1.807) is 19.1 Å². The van der Waals surface area contributed by atoms with Gasteiger partial charge in [-0.25, -0.2) is 4.39 Å². The van der Waals surface area contributed by atoms with E-state index in [-0.39, 0.29) is 6.61 Å². The number of nitrogens with two attached hydrogens (primary N) is 1. The summed E-state index contributed by atoms with van der Waals surface area (Å²) in [5.74, 6) is -0.409. The van der Waals surface area contributed by atoms with Crippen LogP contribution < -0.4 is 5.73 Å². The van der Waals surface area contributed by atoms with Gasteiger partial charge in [0.1, 0.15) is 5.82 Å². The highest BCUT2D eigenvalue weighted by Crippen LogP contribution is 2.28. The van der Waals surface area contributed by atoms with Crippen LogP contribution in [-0.4, -0.2) is 11.7 Å². The lowest BCUT2D eigenvalue weighted by Gasteiger charge is -2.24. The molecule has 0 aromatic heterocycles. The molecule has 0 spiro atoms. The van der Waals surface area contributed by atoms with E-state index in [0.29, 0.717) is 10.0 Å². The molecule has 1 atom stereocenters. The summed E-state index contributed by atoms with van der Waals surface area (Å²) in [6.45, 7) is 1.28. The molecule has 1 aromatic rings. The van der Waals surface area contributed by atoms with Gasteiger partial charge in [0.25, 0.3) is 0 Å². The number of halogens is 2. The van der Waals surface area contributed by atoms with E-state index < -0.39 is 11.4 Å². The van der Waals surface area contributed by atoms with Crippen molar-refractivity contribution in [1.29, 1.82) is 0 Å². The van der Waals surface area contributed by atoms with Gasteiger partial charge in [-0.1, -0.05) is 22.0 Å². The van der Waals surface area contributed by atoms with Crippen molar-refractivity contribution < 1.29 is 9.50 Å². The molecule has 1 aromatic carbocycles. The van der Waals surface area contributed by atoms with Crippen LogP contribution in [0.25, 0.3) is 0 Å². The predicted molar refractivity (Wildman–Crippen MR) is 52.7 cm³/mol. The van der Waals surface area contributed by atoms with Crippen molar-refractivity contribution in [3.05, 3.63) is 34.1 Å². The standard InChI is InChI=1S/C9H11BrFNO/c1-9(12,5-13)8-6(10)3-2-4-7(8)11/h2-4,13H,5,12H2,1H3. The minimum Gasteiger partial charge on any atom is -0.394 e. The fourth-order valence-electron chi connectivity index (χ4n) is 1.12. The number of hydrogen-bond donors (Lipinski definition) is 2. The largest absolute Gasteiger partial charge is 0.394 e. The molecule has 0 saturated heterocycles. The van der Waals surface area contributed by atoms with E-state index >= 15 is 0 Å². The molecule has 13 heavy (non-hydrogen) atoms. The van der Waals surface area contributed by atoms with Crippen molar-refractivity contribution in [2.75, 3.05) is 6.61 Å². The zero-order chi connectivity index (χ0) is 10.1. The Morgan fingerprint density at radius 1 is 1.62 bits per heavy atom. The van der Waals surface area contributed by atoms with Crippen molar-refractivity contribution in [2.45, 2.75) is 12.5 Å². The van der Waals surface area contributed by atoms with E-state index in [1.807, 2.05) is 0 Å². The third-order valence-electron chi connectivity index (χ3n) is 1.86. The van der Waals surface area contributed by atoms with Crippen LogP contribution in [0.2, 0.25) is 0 Å². The second-order valence-electron chi connectivity index (χ2n) is 3.17. The van der Waals surface area contributed by atoms with Crippen LogP contribution in [0.3, 0.4) is 0 Å². The third kappa shape index (κ3) is 2.07. The van der Waals surface area contributed by atoms with Crippen LogP contribution in [0.15, 0.2) is 22.7 Å². The quantitative estimate of drug-likeness (QED) is 0.837. The monoisotopic (exact) mass is 247 g/mol. The van der Waals surface area contributed by atoms with E-state index in [1.165, 1.54) is 6.07 Å². The summed E-state index contributed by atoms with van der Waals surface area (Å²) >= 11 is 3.19. The van der Waals surface area contributed by atoms with Gasteiger partial charge in [0.05, 0.1) is 12.1 Å². The normalized spacial score (nSPS) is 15.5. The molecular weight excluding hydrogens is 237 g/mol. The summed E-state index contributed by atoms with van der Waals surface area (Å²) in [4.78, 5) is 0. The first-order valence-corrected chi connectivity index (χ1v) is 4.62. The minimum atomic E-state index is -1.05. The summed E-state index contributed by atoms with van der Waals surface area (Å²) in [6, 6.07) is 4.59. The maximum atomic E-state index is 13.3. The third-order valence-corrected chi connectivity index (χ3v) is 2.52. The fraction of sp³-hybridized carbons (Fsp3) is 0.333. The zero-order valence-electron chi connectivity index (χ0n) is 7.22. The number of rotatable bonds is 2. The number of aliphatic hydroxyl groups excluding tert-OH is 1. The van der Waals surface area contributed by atoms with Gasteiger partial charge < -0.3 is 10.8 Å². The Kier molecular flexibility index (Phi) is 3.05. The second kappa shape index (κ2) is 3.74. The maximum absolute atomic E-state index is 13.3. The first kappa shape index (κ1) is 10.6. The first-order valence-electron chi connectivity index (χ1n) is 3.83. The Morgan fingerprint density at radius 3 is 2.69 bits per heavy atom. The van der Waals surface area contributed by atoms with E-state index in [2.05, 4.69) is 15.9 Å². The highest BCUT2D eigenvalue weighted by atomic mass is 79.9. The summed E-state index contributed by atoms with van der Waals surface area (Å²) in [5, 5.41) is 8.98. The number of hydrogen-bond acceptors (Lipinski definition) is 2. The van der Waals surface area contributed by atoms with Gasteiger partial charge in [-0.2, -0.15) is 0 Å². The molecule has 0 aliphatic heterocycles. The smallest absolute Gasteiger partial charge is 0.129 e. The van der Waals surface area contributed by atoms with E-state index in [4.69, 9.17) is 10.8 Å². The summed E-state index contributed by atoms with van der Waals surface area (Å²) < 4.78 is 13.9.